The van der Waals surface area contributed by atoms with Crippen LogP contribution >= 0.6 is 11.6 Å². The van der Waals surface area contributed by atoms with Crippen LogP contribution in [0.15, 0.2) is 42.5 Å². The number of ether oxygens (including phenoxy) is 1. The molecule has 0 radical (unpaired) electrons. The molecule has 1 saturated heterocycles. The zero-order valence-electron chi connectivity index (χ0n) is 13.7. The topological polar surface area (TPSA) is 56.5 Å². The highest BCUT2D eigenvalue weighted by atomic mass is 35.5. The van der Waals surface area contributed by atoms with Crippen molar-refractivity contribution in [3.63, 3.8) is 0 Å². The first-order valence-corrected chi connectivity index (χ1v) is 8.20. The number of hydrogen-bond acceptors (Lipinski definition) is 4. The number of halogens is 1. The van der Waals surface area contributed by atoms with E-state index in [1.54, 1.807) is 19.2 Å². The highest BCUT2D eigenvalue weighted by Gasteiger charge is 2.44. The first-order valence-electron chi connectivity index (χ1n) is 7.83. The lowest BCUT2D eigenvalue weighted by Crippen LogP contribution is -2.40. The third-order valence-electron chi connectivity index (χ3n) is 4.89. The summed E-state index contributed by atoms with van der Waals surface area (Å²) >= 11 is 6.15. The summed E-state index contributed by atoms with van der Waals surface area (Å²) in [7, 11) is 1.62. The van der Waals surface area contributed by atoms with Crippen LogP contribution in [0.1, 0.15) is 24.5 Å². The lowest BCUT2D eigenvalue weighted by molar-refractivity contribution is 0.0329. The van der Waals surface area contributed by atoms with Crippen LogP contribution in [0.5, 0.6) is 5.75 Å². The molecule has 124 valence electrons. The van der Waals surface area contributed by atoms with Gasteiger partial charge in [0.2, 0.25) is 0 Å². The van der Waals surface area contributed by atoms with Gasteiger partial charge in [0.15, 0.2) is 0 Å². The number of anilines is 1. The van der Waals surface area contributed by atoms with E-state index in [1.165, 1.54) is 0 Å². The minimum Gasteiger partial charge on any atom is -0.497 e. The number of benzene rings is 2. The van der Waals surface area contributed by atoms with Crippen molar-refractivity contribution in [3.8, 4) is 11.8 Å². The predicted molar refractivity (Wildman–Crippen MR) is 94.5 cm³/mol. The fourth-order valence-corrected chi connectivity index (χ4v) is 3.56. The van der Waals surface area contributed by atoms with E-state index in [1.807, 2.05) is 37.3 Å². The van der Waals surface area contributed by atoms with Gasteiger partial charge in [-0.2, -0.15) is 5.26 Å². The number of hydrogen-bond donors (Lipinski definition) is 1. The van der Waals surface area contributed by atoms with Crippen LogP contribution in [0.4, 0.5) is 5.69 Å². The summed E-state index contributed by atoms with van der Waals surface area (Å²) < 4.78 is 5.18. The van der Waals surface area contributed by atoms with E-state index in [-0.39, 0.29) is 6.04 Å². The molecule has 1 aliphatic heterocycles. The Hall–Kier alpha value is -2.22. The number of rotatable bonds is 3. The average Bonchev–Trinajstić information content (AvgIpc) is 2.91. The van der Waals surface area contributed by atoms with Crippen LogP contribution in [-0.4, -0.2) is 24.8 Å². The number of nitriles is 1. The Kier molecular flexibility index (Phi) is 4.40. The third-order valence-corrected chi connectivity index (χ3v) is 5.20. The Balaban J connectivity index is 1.89. The van der Waals surface area contributed by atoms with Gasteiger partial charge < -0.3 is 14.7 Å². The smallest absolute Gasteiger partial charge is 0.118 e. The molecule has 0 amide bonds. The second-order valence-electron chi connectivity index (χ2n) is 6.05. The van der Waals surface area contributed by atoms with Crippen LogP contribution in [-0.2, 0) is 5.60 Å². The Labute approximate surface area is 146 Å². The summed E-state index contributed by atoms with van der Waals surface area (Å²) in [6.07, 6.45) is 0.623. The third kappa shape index (κ3) is 2.71. The molecule has 0 bridgehead atoms. The van der Waals surface area contributed by atoms with E-state index < -0.39 is 5.60 Å². The van der Waals surface area contributed by atoms with E-state index in [9.17, 15) is 5.11 Å². The standard InChI is InChI=1S/C19H19ClN2O2/c1-13-19(23,15-4-7-17(24-2)8-5-15)9-10-22(13)16-6-3-14(12-21)18(20)11-16/h3-8,11,13,23H,9-10H2,1-2H3/t13-,19-/m0/s1. The van der Waals surface area contributed by atoms with Gasteiger partial charge in [0.1, 0.15) is 17.4 Å². The van der Waals surface area contributed by atoms with Gasteiger partial charge in [-0.1, -0.05) is 23.7 Å². The maximum atomic E-state index is 11.2. The molecular formula is C19H19ClN2O2. The number of methoxy groups -OCH3 is 1. The van der Waals surface area contributed by atoms with Gasteiger partial charge in [0, 0.05) is 12.2 Å². The van der Waals surface area contributed by atoms with Crippen molar-refractivity contribution in [2.45, 2.75) is 25.0 Å². The molecular weight excluding hydrogens is 324 g/mol. The second kappa shape index (κ2) is 6.35. The summed E-state index contributed by atoms with van der Waals surface area (Å²) in [4.78, 5) is 2.12. The molecule has 0 saturated carbocycles. The fraction of sp³-hybridized carbons (Fsp3) is 0.316. The summed E-state index contributed by atoms with van der Waals surface area (Å²) in [5, 5.41) is 20.7. The maximum absolute atomic E-state index is 11.2. The minimum absolute atomic E-state index is 0.116. The molecule has 1 fully saturated rings. The molecule has 3 rings (SSSR count). The normalized spacial score (nSPS) is 23.1. The average molecular weight is 343 g/mol. The largest absolute Gasteiger partial charge is 0.497 e. The Morgan fingerprint density at radius 3 is 2.58 bits per heavy atom. The molecule has 2 aromatic rings. The molecule has 0 spiro atoms. The zero-order valence-corrected chi connectivity index (χ0v) is 14.4. The van der Waals surface area contributed by atoms with E-state index in [0.29, 0.717) is 23.6 Å². The Bertz CT molecular complexity index is 785. The number of nitrogens with zero attached hydrogens (tertiary/aromatic N) is 2. The molecule has 24 heavy (non-hydrogen) atoms. The SMILES string of the molecule is COc1ccc([C@]2(O)CCN(c3ccc(C#N)c(Cl)c3)[C@H]2C)cc1. The van der Waals surface area contributed by atoms with Gasteiger partial charge >= 0.3 is 0 Å². The quantitative estimate of drug-likeness (QED) is 0.923. The molecule has 4 nitrogen and oxygen atoms in total. The van der Waals surface area contributed by atoms with Crippen molar-refractivity contribution in [1.29, 1.82) is 5.26 Å². The van der Waals surface area contributed by atoms with Crippen LogP contribution < -0.4 is 9.64 Å². The van der Waals surface area contributed by atoms with Gasteiger partial charge in [0.05, 0.1) is 23.7 Å². The first-order chi connectivity index (χ1) is 11.5. The summed E-state index contributed by atoms with van der Waals surface area (Å²) in [6.45, 7) is 2.72. The van der Waals surface area contributed by atoms with E-state index in [4.69, 9.17) is 21.6 Å². The van der Waals surface area contributed by atoms with Crippen LogP contribution in [0.3, 0.4) is 0 Å². The first kappa shape index (κ1) is 16.6. The van der Waals surface area contributed by atoms with Crippen LogP contribution in [0.2, 0.25) is 5.02 Å². The van der Waals surface area contributed by atoms with Gasteiger partial charge in [-0.15, -0.1) is 0 Å². The van der Waals surface area contributed by atoms with Crippen molar-refractivity contribution in [2.24, 2.45) is 0 Å². The fourth-order valence-electron chi connectivity index (χ4n) is 3.34. The Morgan fingerprint density at radius 1 is 1.29 bits per heavy atom. The van der Waals surface area contributed by atoms with Crippen molar-refractivity contribution in [2.75, 3.05) is 18.6 Å². The monoisotopic (exact) mass is 342 g/mol. The van der Waals surface area contributed by atoms with Crippen molar-refractivity contribution < 1.29 is 9.84 Å². The number of aliphatic hydroxyl groups is 1. The molecule has 1 N–H and O–H groups in total. The lowest BCUT2D eigenvalue weighted by Gasteiger charge is -2.33. The summed E-state index contributed by atoms with van der Waals surface area (Å²) in [5.74, 6) is 0.767. The van der Waals surface area contributed by atoms with Gasteiger partial charge in [-0.3, -0.25) is 0 Å². The van der Waals surface area contributed by atoms with E-state index in [2.05, 4.69) is 11.0 Å². The second-order valence-corrected chi connectivity index (χ2v) is 6.46. The van der Waals surface area contributed by atoms with Crippen molar-refractivity contribution >= 4 is 17.3 Å². The lowest BCUT2D eigenvalue weighted by atomic mass is 9.87. The van der Waals surface area contributed by atoms with Gasteiger partial charge in [0.25, 0.3) is 0 Å². The molecule has 1 heterocycles. The maximum Gasteiger partial charge on any atom is 0.118 e. The molecule has 0 unspecified atom stereocenters. The Morgan fingerprint density at radius 2 is 2.00 bits per heavy atom. The summed E-state index contributed by atoms with van der Waals surface area (Å²) in [5.41, 5.74) is 1.30. The minimum atomic E-state index is -0.938. The molecule has 2 atom stereocenters. The van der Waals surface area contributed by atoms with Crippen molar-refractivity contribution in [3.05, 3.63) is 58.6 Å². The van der Waals surface area contributed by atoms with E-state index in [0.717, 1.165) is 17.0 Å². The summed E-state index contributed by atoms with van der Waals surface area (Å²) in [6, 6.07) is 14.9. The molecule has 0 aliphatic carbocycles. The molecule has 5 heteroatoms. The van der Waals surface area contributed by atoms with E-state index >= 15 is 0 Å². The molecule has 0 aromatic heterocycles. The zero-order chi connectivity index (χ0) is 17.3. The van der Waals surface area contributed by atoms with Crippen molar-refractivity contribution in [1.82, 2.24) is 0 Å². The highest BCUT2D eigenvalue weighted by molar-refractivity contribution is 6.32. The molecule has 1 aliphatic rings. The molecule has 2 aromatic carbocycles. The predicted octanol–water partition coefficient (Wildman–Crippen LogP) is 3.71. The van der Waals surface area contributed by atoms with Crippen LogP contribution in [0.25, 0.3) is 0 Å². The highest BCUT2D eigenvalue weighted by Crippen LogP contribution is 2.41. The van der Waals surface area contributed by atoms with Gasteiger partial charge in [-0.05, 0) is 49.2 Å². The van der Waals surface area contributed by atoms with Gasteiger partial charge in [-0.25, -0.2) is 0 Å². The van der Waals surface area contributed by atoms with Crippen LogP contribution in [0, 0.1) is 11.3 Å².